The lowest BCUT2D eigenvalue weighted by atomic mass is 10.4. The first-order valence-electron chi connectivity index (χ1n) is 4.71. The van der Waals surface area contributed by atoms with Gasteiger partial charge in [-0.2, -0.15) is 0 Å². The van der Waals surface area contributed by atoms with Crippen LogP contribution < -0.4 is 4.72 Å². The van der Waals surface area contributed by atoms with Crippen molar-refractivity contribution in [2.45, 2.75) is 4.90 Å². The van der Waals surface area contributed by atoms with Gasteiger partial charge in [0, 0.05) is 19.0 Å². The smallest absolute Gasteiger partial charge is 0.352 e. The second-order valence-electron chi connectivity index (χ2n) is 3.58. The Labute approximate surface area is 104 Å². The average Bonchev–Trinajstić information content (AvgIpc) is 2.63. The molecule has 0 bridgehead atoms. The minimum atomic E-state index is -3.90. The number of carbonyl (C=O) groups is 1. The van der Waals surface area contributed by atoms with E-state index in [1.54, 1.807) is 0 Å². The van der Waals surface area contributed by atoms with Gasteiger partial charge in [0.2, 0.25) is 10.0 Å². The topological polar surface area (TPSA) is 133 Å². The predicted octanol–water partition coefficient (Wildman–Crippen LogP) is -0.964. The molecule has 18 heavy (non-hydrogen) atoms. The fourth-order valence-corrected chi connectivity index (χ4v) is 2.72. The molecule has 10 heteroatoms. The normalized spacial score (nSPS) is 12.5. The maximum absolute atomic E-state index is 11.6. The van der Waals surface area contributed by atoms with E-state index in [1.165, 1.54) is 0 Å². The van der Waals surface area contributed by atoms with Crippen molar-refractivity contribution in [3.05, 3.63) is 18.0 Å². The lowest BCUT2D eigenvalue weighted by molar-refractivity contribution is 0.0691. The maximum Gasteiger partial charge on any atom is 0.352 e. The molecule has 0 aliphatic heterocycles. The molecule has 1 rings (SSSR count). The third kappa shape index (κ3) is 4.13. The van der Waals surface area contributed by atoms with Crippen LogP contribution in [0.5, 0.6) is 0 Å². The van der Waals surface area contributed by atoms with E-state index in [-0.39, 0.29) is 22.9 Å². The van der Waals surface area contributed by atoms with Crippen LogP contribution in [0.2, 0.25) is 0 Å². The summed E-state index contributed by atoms with van der Waals surface area (Å²) in [6, 6.07) is 0.950. The third-order valence-electron chi connectivity index (χ3n) is 1.96. The van der Waals surface area contributed by atoms with Crippen LogP contribution in [0, 0.1) is 0 Å². The van der Waals surface area contributed by atoms with Crippen LogP contribution in [0.15, 0.2) is 17.2 Å². The van der Waals surface area contributed by atoms with Crippen molar-refractivity contribution in [3.8, 4) is 0 Å². The second-order valence-corrected chi connectivity index (χ2v) is 7.61. The quantitative estimate of drug-likeness (QED) is 0.619. The van der Waals surface area contributed by atoms with E-state index in [2.05, 4.69) is 9.71 Å². The molecule has 0 fully saturated rings. The van der Waals surface area contributed by atoms with E-state index in [0.29, 0.717) is 0 Å². The van der Waals surface area contributed by atoms with Gasteiger partial charge in [-0.15, -0.1) is 0 Å². The molecule has 0 aromatic carbocycles. The Morgan fingerprint density at radius 3 is 2.44 bits per heavy atom. The number of sulfonamides is 1. The zero-order valence-electron chi connectivity index (χ0n) is 9.37. The van der Waals surface area contributed by atoms with Gasteiger partial charge < -0.3 is 10.1 Å². The second kappa shape index (κ2) is 5.08. The fraction of sp³-hybridized carbons (Fsp3) is 0.375. The number of aromatic nitrogens is 1. The van der Waals surface area contributed by atoms with Crippen molar-refractivity contribution in [1.82, 2.24) is 9.71 Å². The molecule has 1 aromatic rings. The third-order valence-corrected chi connectivity index (χ3v) is 4.35. The van der Waals surface area contributed by atoms with Gasteiger partial charge in [-0.1, -0.05) is 0 Å². The number of aromatic carboxylic acids is 1. The predicted molar refractivity (Wildman–Crippen MR) is 62.7 cm³/mol. The highest BCUT2D eigenvalue weighted by molar-refractivity contribution is 7.91. The average molecular weight is 296 g/mol. The molecule has 1 heterocycles. The lowest BCUT2D eigenvalue weighted by Gasteiger charge is -2.03. The number of sulfone groups is 1. The van der Waals surface area contributed by atoms with Crippen molar-refractivity contribution in [2.75, 3.05) is 18.6 Å². The molecule has 0 amide bonds. The van der Waals surface area contributed by atoms with E-state index >= 15 is 0 Å². The van der Waals surface area contributed by atoms with Crippen LogP contribution in [-0.4, -0.2) is 51.4 Å². The summed E-state index contributed by atoms with van der Waals surface area (Å²) in [5.41, 5.74) is -0.265. The number of rotatable bonds is 6. The van der Waals surface area contributed by atoms with Gasteiger partial charge >= 0.3 is 5.97 Å². The summed E-state index contributed by atoms with van der Waals surface area (Å²) in [5, 5.41) is 8.62. The number of aromatic amines is 1. The number of carboxylic acid groups (broad SMARTS) is 1. The van der Waals surface area contributed by atoms with E-state index in [9.17, 15) is 21.6 Å². The number of nitrogens with one attached hydrogen (secondary N) is 2. The number of hydrogen-bond acceptors (Lipinski definition) is 5. The monoisotopic (exact) mass is 296 g/mol. The zero-order chi connectivity index (χ0) is 14.0. The molecule has 0 unspecified atom stereocenters. The maximum atomic E-state index is 11.6. The molecule has 1 aromatic heterocycles. The summed E-state index contributed by atoms with van der Waals surface area (Å²) in [5.74, 6) is -1.62. The number of hydrogen-bond donors (Lipinski definition) is 3. The minimum Gasteiger partial charge on any atom is -0.477 e. The van der Waals surface area contributed by atoms with Gasteiger partial charge in [0.1, 0.15) is 20.4 Å². The van der Waals surface area contributed by atoms with Crippen molar-refractivity contribution < 1.29 is 26.7 Å². The first-order valence-corrected chi connectivity index (χ1v) is 8.25. The Morgan fingerprint density at radius 2 is 2.00 bits per heavy atom. The molecule has 0 aliphatic carbocycles. The molecule has 8 nitrogen and oxygen atoms in total. The molecule has 0 saturated heterocycles. The highest BCUT2D eigenvalue weighted by Crippen LogP contribution is 2.10. The summed E-state index contributed by atoms with van der Waals surface area (Å²) in [6.07, 6.45) is 2.01. The first kappa shape index (κ1) is 14.7. The van der Waals surface area contributed by atoms with E-state index in [4.69, 9.17) is 5.11 Å². The van der Waals surface area contributed by atoms with Gasteiger partial charge in [0.05, 0.1) is 5.75 Å². The van der Waals surface area contributed by atoms with E-state index in [0.717, 1.165) is 18.5 Å². The summed E-state index contributed by atoms with van der Waals surface area (Å²) in [6.45, 7) is -0.269. The van der Waals surface area contributed by atoms with Crippen LogP contribution in [0.3, 0.4) is 0 Å². The van der Waals surface area contributed by atoms with E-state index < -0.39 is 25.8 Å². The van der Waals surface area contributed by atoms with Gasteiger partial charge in [0.15, 0.2) is 0 Å². The van der Waals surface area contributed by atoms with Crippen LogP contribution in [0.1, 0.15) is 10.5 Å². The van der Waals surface area contributed by atoms with Crippen LogP contribution >= 0.6 is 0 Å². The lowest BCUT2D eigenvalue weighted by Crippen LogP contribution is -2.28. The molecule has 0 saturated carbocycles. The van der Waals surface area contributed by atoms with Crippen molar-refractivity contribution in [3.63, 3.8) is 0 Å². The highest BCUT2D eigenvalue weighted by Gasteiger charge is 2.18. The molecule has 3 N–H and O–H groups in total. The summed E-state index contributed by atoms with van der Waals surface area (Å²) < 4.78 is 47.0. The Morgan fingerprint density at radius 1 is 1.39 bits per heavy atom. The number of H-pyrrole nitrogens is 1. The SMILES string of the molecule is CS(=O)(=O)CCNS(=O)(=O)c1c[nH]c(C(=O)O)c1. The van der Waals surface area contributed by atoms with Gasteiger partial charge in [-0.3, -0.25) is 0 Å². The summed E-state index contributed by atoms with van der Waals surface area (Å²) in [4.78, 5) is 12.6. The van der Waals surface area contributed by atoms with Crippen molar-refractivity contribution in [2.24, 2.45) is 0 Å². The van der Waals surface area contributed by atoms with E-state index in [1.807, 2.05) is 0 Å². The minimum absolute atomic E-state index is 0.256. The Balaban J connectivity index is 2.77. The molecule has 0 atom stereocenters. The molecule has 102 valence electrons. The van der Waals surface area contributed by atoms with Crippen LogP contribution in [0.25, 0.3) is 0 Å². The Hall–Kier alpha value is -1.39. The fourth-order valence-electron chi connectivity index (χ4n) is 1.10. The molecular formula is C8H12N2O6S2. The summed E-state index contributed by atoms with van der Waals surface area (Å²) >= 11 is 0. The van der Waals surface area contributed by atoms with Crippen molar-refractivity contribution >= 4 is 25.8 Å². The standard InChI is InChI=1S/C8H12N2O6S2/c1-17(13,14)3-2-10-18(15,16)6-4-7(8(11)12)9-5-6/h4-5,9-10H,2-3H2,1H3,(H,11,12). The molecule has 0 radical (unpaired) electrons. The van der Waals surface area contributed by atoms with Crippen LogP contribution in [0.4, 0.5) is 0 Å². The van der Waals surface area contributed by atoms with Gasteiger partial charge in [0.25, 0.3) is 0 Å². The number of carboxylic acids is 1. The molecule has 0 aliphatic rings. The van der Waals surface area contributed by atoms with Crippen LogP contribution in [-0.2, 0) is 19.9 Å². The van der Waals surface area contributed by atoms with Gasteiger partial charge in [-0.25, -0.2) is 26.4 Å². The summed E-state index contributed by atoms with van der Waals surface area (Å²) in [7, 11) is -7.17. The Bertz CT molecular complexity index is 643. The Kier molecular flexibility index (Phi) is 4.14. The van der Waals surface area contributed by atoms with Gasteiger partial charge in [-0.05, 0) is 6.07 Å². The zero-order valence-corrected chi connectivity index (χ0v) is 11.0. The first-order chi connectivity index (χ1) is 8.12. The molecule has 0 spiro atoms. The largest absolute Gasteiger partial charge is 0.477 e. The molecular weight excluding hydrogens is 284 g/mol. The van der Waals surface area contributed by atoms with Crippen molar-refractivity contribution in [1.29, 1.82) is 0 Å². The highest BCUT2D eigenvalue weighted by atomic mass is 32.2.